The average molecular weight is 409 g/mol. The summed E-state index contributed by atoms with van der Waals surface area (Å²) in [6, 6.07) is 1.25. The monoisotopic (exact) mass is 408 g/mol. The number of unbranched alkanes of at least 4 members (excludes halogenated alkanes) is 5. The van der Waals surface area contributed by atoms with Gasteiger partial charge in [-0.05, 0) is 65.0 Å². The third-order valence-corrected chi connectivity index (χ3v) is 17.8. The highest BCUT2D eigenvalue weighted by molar-refractivity contribution is 6.89. The molecule has 0 aliphatic carbocycles. The predicted molar refractivity (Wildman–Crippen MR) is 117 cm³/mol. The van der Waals surface area contributed by atoms with E-state index in [1.807, 2.05) is 0 Å². The Morgan fingerprint density at radius 3 is 1.50 bits per heavy atom. The molecule has 0 spiro atoms. The maximum absolute atomic E-state index is 6.63. The molecule has 0 unspecified atom stereocenters. The quantitative estimate of drug-likeness (QED) is 0.246. The second-order valence-corrected chi connectivity index (χ2v) is 25.8. The lowest BCUT2D eigenvalue weighted by Gasteiger charge is -2.40. The van der Waals surface area contributed by atoms with Crippen molar-refractivity contribution in [1.29, 1.82) is 0 Å². The Balaban J connectivity index is 4.39. The predicted octanol–water partition coefficient (Wildman–Crippen LogP) is 6.84. The standard InChI is InChI=1S/C17H44O3Si4/c1-11-12-13-14-15-16-17-22(5,6)19-24(9,10)20-23(7,8)18-21(2,3)4/h11-17H2,1-10H3. The number of rotatable bonds is 13. The van der Waals surface area contributed by atoms with Gasteiger partial charge in [0.05, 0.1) is 0 Å². The van der Waals surface area contributed by atoms with Gasteiger partial charge in [0.1, 0.15) is 0 Å². The summed E-state index contributed by atoms with van der Waals surface area (Å²) in [7, 11) is -7.47. The van der Waals surface area contributed by atoms with E-state index < -0.39 is 33.8 Å². The van der Waals surface area contributed by atoms with Crippen molar-refractivity contribution >= 4 is 33.8 Å². The minimum atomic E-state index is -2.13. The van der Waals surface area contributed by atoms with Crippen molar-refractivity contribution in [2.45, 2.75) is 110 Å². The topological polar surface area (TPSA) is 27.7 Å². The summed E-state index contributed by atoms with van der Waals surface area (Å²) in [6.07, 6.45) is 8.11. The van der Waals surface area contributed by atoms with Crippen molar-refractivity contribution in [3.05, 3.63) is 0 Å². The van der Waals surface area contributed by atoms with Gasteiger partial charge in [-0.3, -0.25) is 0 Å². The Morgan fingerprint density at radius 1 is 0.542 bits per heavy atom. The second-order valence-electron chi connectivity index (χ2n) is 9.50. The molecule has 0 saturated carbocycles. The third kappa shape index (κ3) is 14.0. The Bertz CT molecular complexity index is 352. The fourth-order valence-electron chi connectivity index (χ4n) is 3.42. The molecule has 0 heterocycles. The van der Waals surface area contributed by atoms with Gasteiger partial charge >= 0.3 is 17.1 Å². The third-order valence-electron chi connectivity index (χ3n) is 3.70. The van der Waals surface area contributed by atoms with Crippen molar-refractivity contribution in [3.63, 3.8) is 0 Å². The first-order chi connectivity index (χ1) is 10.7. The van der Waals surface area contributed by atoms with Crippen molar-refractivity contribution in [3.8, 4) is 0 Å². The Hall–Kier alpha value is 0.748. The lowest BCUT2D eigenvalue weighted by molar-refractivity contribution is 0.329. The van der Waals surface area contributed by atoms with E-state index >= 15 is 0 Å². The lowest BCUT2D eigenvalue weighted by atomic mass is 10.1. The van der Waals surface area contributed by atoms with Crippen LogP contribution in [0.15, 0.2) is 0 Å². The first-order valence-electron chi connectivity index (χ1n) is 9.79. The van der Waals surface area contributed by atoms with E-state index in [1.165, 1.54) is 44.6 Å². The van der Waals surface area contributed by atoms with Crippen molar-refractivity contribution in [2.75, 3.05) is 0 Å². The van der Waals surface area contributed by atoms with Gasteiger partial charge in [0.15, 0.2) is 16.6 Å². The fraction of sp³-hybridized carbons (Fsp3) is 1.00. The second kappa shape index (κ2) is 10.2. The van der Waals surface area contributed by atoms with E-state index in [1.54, 1.807) is 0 Å². The molecule has 0 saturated heterocycles. The van der Waals surface area contributed by atoms with Crippen LogP contribution in [0.25, 0.3) is 0 Å². The van der Waals surface area contributed by atoms with E-state index in [0.29, 0.717) is 0 Å². The van der Waals surface area contributed by atoms with E-state index in [2.05, 4.69) is 65.8 Å². The van der Waals surface area contributed by atoms with Gasteiger partial charge in [-0.25, -0.2) is 0 Å². The van der Waals surface area contributed by atoms with Gasteiger partial charge in [0.2, 0.25) is 0 Å². The van der Waals surface area contributed by atoms with Gasteiger partial charge < -0.3 is 12.3 Å². The molecule has 3 nitrogen and oxygen atoms in total. The molecule has 0 fully saturated rings. The van der Waals surface area contributed by atoms with Crippen LogP contribution < -0.4 is 0 Å². The molecule has 146 valence electrons. The van der Waals surface area contributed by atoms with Crippen molar-refractivity contribution in [2.24, 2.45) is 0 Å². The molecular weight excluding hydrogens is 365 g/mol. The molecule has 0 aromatic carbocycles. The summed E-state index contributed by atoms with van der Waals surface area (Å²) in [5.74, 6) is 0. The van der Waals surface area contributed by atoms with Crippen LogP contribution in [-0.2, 0) is 12.3 Å². The summed E-state index contributed by atoms with van der Waals surface area (Å²) >= 11 is 0. The fourth-order valence-corrected chi connectivity index (χ4v) is 22.0. The molecule has 0 amide bonds. The highest BCUT2D eigenvalue weighted by Crippen LogP contribution is 2.26. The van der Waals surface area contributed by atoms with Gasteiger partial charge in [-0.15, -0.1) is 0 Å². The largest absolute Gasteiger partial charge is 0.437 e. The zero-order chi connectivity index (χ0) is 19.1. The first kappa shape index (κ1) is 24.7. The molecular formula is C17H44O3Si4. The molecule has 0 rings (SSSR count). The molecule has 0 atom stereocenters. The lowest BCUT2D eigenvalue weighted by Crippen LogP contribution is -2.55. The zero-order valence-electron chi connectivity index (χ0n) is 18.2. The zero-order valence-corrected chi connectivity index (χ0v) is 22.2. The number of hydrogen-bond acceptors (Lipinski definition) is 3. The molecule has 0 bridgehead atoms. The summed E-state index contributed by atoms with van der Waals surface area (Å²) in [6.45, 7) is 22.4. The van der Waals surface area contributed by atoms with Crippen LogP contribution in [0.2, 0.25) is 65.0 Å². The van der Waals surface area contributed by atoms with Gasteiger partial charge in [-0.1, -0.05) is 45.4 Å². The molecule has 0 aromatic rings. The van der Waals surface area contributed by atoms with Crippen LogP contribution in [0.3, 0.4) is 0 Å². The molecule has 0 aliphatic heterocycles. The minimum Gasteiger partial charge on any atom is -0.437 e. The highest BCUT2D eigenvalue weighted by atomic mass is 28.5. The summed E-state index contributed by atoms with van der Waals surface area (Å²) in [5, 5.41) is 0. The van der Waals surface area contributed by atoms with Gasteiger partial charge in [0.25, 0.3) is 0 Å². The highest BCUT2D eigenvalue weighted by Gasteiger charge is 2.42. The normalized spacial score (nSPS) is 14.2. The van der Waals surface area contributed by atoms with E-state index in [-0.39, 0.29) is 0 Å². The molecule has 0 aromatic heterocycles. The Morgan fingerprint density at radius 2 is 1.00 bits per heavy atom. The Labute approximate surface area is 156 Å². The van der Waals surface area contributed by atoms with Gasteiger partial charge in [-0.2, -0.15) is 0 Å². The smallest absolute Gasteiger partial charge is 0.312 e. The Kier molecular flexibility index (Phi) is 10.5. The van der Waals surface area contributed by atoms with E-state index in [0.717, 1.165) is 0 Å². The van der Waals surface area contributed by atoms with Crippen molar-refractivity contribution < 1.29 is 12.3 Å². The van der Waals surface area contributed by atoms with Gasteiger partial charge in [0, 0.05) is 0 Å². The maximum atomic E-state index is 6.63. The molecule has 24 heavy (non-hydrogen) atoms. The molecule has 0 N–H and O–H groups in total. The molecule has 0 radical (unpaired) electrons. The van der Waals surface area contributed by atoms with Crippen LogP contribution >= 0.6 is 0 Å². The van der Waals surface area contributed by atoms with Crippen LogP contribution in [0, 0.1) is 0 Å². The summed E-state index contributed by atoms with van der Waals surface area (Å²) in [4.78, 5) is 0. The van der Waals surface area contributed by atoms with E-state index in [4.69, 9.17) is 12.3 Å². The number of hydrogen-bond donors (Lipinski definition) is 0. The average Bonchev–Trinajstić information content (AvgIpc) is 2.26. The van der Waals surface area contributed by atoms with Crippen LogP contribution in [0.4, 0.5) is 0 Å². The van der Waals surface area contributed by atoms with Crippen molar-refractivity contribution in [1.82, 2.24) is 0 Å². The molecule has 7 heteroatoms. The van der Waals surface area contributed by atoms with Crippen LogP contribution in [-0.4, -0.2) is 33.8 Å². The molecule has 0 aliphatic rings. The summed E-state index contributed by atoms with van der Waals surface area (Å²) < 4.78 is 19.5. The van der Waals surface area contributed by atoms with Crippen LogP contribution in [0.1, 0.15) is 45.4 Å². The minimum absolute atomic E-state index is 1.25. The summed E-state index contributed by atoms with van der Waals surface area (Å²) in [5.41, 5.74) is 0. The van der Waals surface area contributed by atoms with Crippen LogP contribution in [0.5, 0.6) is 0 Å². The van der Waals surface area contributed by atoms with E-state index in [9.17, 15) is 0 Å². The SMILES string of the molecule is CCCCCCCC[Si](C)(C)O[Si](C)(C)O[Si](C)(C)O[Si](C)(C)C. The first-order valence-corrected chi connectivity index (χ1v) is 21.9. The maximum Gasteiger partial charge on any atom is 0.312 e.